The van der Waals surface area contributed by atoms with Gasteiger partial charge >= 0.3 is 0 Å². The quantitative estimate of drug-likeness (QED) is 0.449. The van der Waals surface area contributed by atoms with Crippen molar-refractivity contribution in [3.05, 3.63) is 23.3 Å². The maximum atomic E-state index is 10.4. The third kappa shape index (κ3) is 3.00. The molecule has 0 heterocycles. The lowest BCUT2D eigenvalue weighted by atomic mass is 9.79. The van der Waals surface area contributed by atoms with Gasteiger partial charge in [-0.3, -0.25) is 0 Å². The Balaban J connectivity index is 3.59. The molecule has 0 bridgehead atoms. The van der Waals surface area contributed by atoms with E-state index in [2.05, 4.69) is 51.9 Å². The number of aromatic hydroxyl groups is 1. The highest BCUT2D eigenvalue weighted by atomic mass is 16.3. The lowest BCUT2D eigenvalue weighted by Crippen LogP contribution is -2.16. The molecule has 0 aliphatic heterocycles. The first kappa shape index (κ1) is 14.5. The van der Waals surface area contributed by atoms with Crippen LogP contribution >= 0.6 is 0 Å². The van der Waals surface area contributed by atoms with Gasteiger partial charge in [0, 0.05) is 11.1 Å². The lowest BCUT2D eigenvalue weighted by Gasteiger charge is -2.27. The lowest BCUT2D eigenvalue weighted by molar-refractivity contribution is 0.423. The number of rotatable bonds is 1. The van der Waals surface area contributed by atoms with Crippen LogP contribution in [0, 0.1) is 0 Å². The van der Waals surface area contributed by atoms with Gasteiger partial charge in [-0.25, -0.2) is 0 Å². The van der Waals surface area contributed by atoms with Crippen molar-refractivity contribution in [1.29, 1.82) is 0 Å². The number of phenolic OH excluding ortho intramolecular Hbond substituents is 1. The highest BCUT2D eigenvalue weighted by Gasteiger charge is 2.26. The van der Waals surface area contributed by atoms with Crippen molar-refractivity contribution in [1.82, 2.24) is 0 Å². The molecule has 0 aliphatic carbocycles. The minimum absolute atomic E-state index is 0.162. The number of hydrogen-bond donors (Lipinski definition) is 2. The zero-order valence-corrected chi connectivity index (χ0v) is 12.1. The minimum atomic E-state index is -0.162. The fourth-order valence-corrected chi connectivity index (χ4v) is 1.89. The fraction of sp³-hybridized carbons (Fsp3) is 0.571. The van der Waals surface area contributed by atoms with Crippen LogP contribution in [-0.4, -0.2) is 5.11 Å². The second-order valence-electron chi connectivity index (χ2n) is 6.60. The number of nitrogens with two attached hydrogens (primary N) is 1. The van der Waals surface area contributed by atoms with Crippen LogP contribution < -0.4 is 5.84 Å². The van der Waals surface area contributed by atoms with Crippen molar-refractivity contribution in [2.75, 3.05) is 0 Å². The first-order valence-corrected chi connectivity index (χ1v) is 6.06. The number of benzene rings is 1. The molecule has 0 amide bonds. The van der Waals surface area contributed by atoms with E-state index in [4.69, 9.17) is 5.84 Å². The summed E-state index contributed by atoms with van der Waals surface area (Å²) in [4.78, 5) is 0. The summed E-state index contributed by atoms with van der Waals surface area (Å²) < 4.78 is 0. The SMILES string of the molecule is CC(C)(C)c1cc(N=NN)cc(C(C)(C)C)c1O. The first-order chi connectivity index (χ1) is 8.07. The van der Waals surface area contributed by atoms with Gasteiger partial charge in [-0.05, 0) is 23.0 Å². The molecule has 0 atom stereocenters. The number of hydrogen-bond acceptors (Lipinski definition) is 3. The van der Waals surface area contributed by atoms with Crippen molar-refractivity contribution >= 4 is 5.69 Å². The Kier molecular flexibility index (Phi) is 3.70. The summed E-state index contributed by atoms with van der Waals surface area (Å²) in [5.74, 6) is 5.45. The van der Waals surface area contributed by atoms with Gasteiger partial charge in [0.25, 0.3) is 0 Å². The standard InChI is InChI=1S/C14H23N3O/c1-13(2,3)10-7-9(16-17-15)8-11(12(10)18)14(4,5)6/h7-8,18H,1-6H3,(H2,15,16). The van der Waals surface area contributed by atoms with Gasteiger partial charge in [0.15, 0.2) is 0 Å². The Morgan fingerprint density at radius 2 is 1.33 bits per heavy atom. The Bertz CT molecular complexity index is 430. The average Bonchev–Trinajstić information content (AvgIpc) is 2.17. The predicted octanol–water partition coefficient (Wildman–Crippen LogP) is 3.94. The summed E-state index contributed by atoms with van der Waals surface area (Å²) in [7, 11) is 0. The molecule has 1 aromatic carbocycles. The minimum Gasteiger partial charge on any atom is -0.507 e. The Morgan fingerprint density at radius 1 is 0.944 bits per heavy atom. The predicted molar refractivity (Wildman–Crippen MR) is 74.2 cm³/mol. The van der Waals surface area contributed by atoms with Gasteiger partial charge in [0.05, 0.1) is 5.69 Å². The second-order valence-corrected chi connectivity index (χ2v) is 6.60. The Hall–Kier alpha value is -1.58. The van der Waals surface area contributed by atoms with Crippen LogP contribution in [0.5, 0.6) is 5.75 Å². The Morgan fingerprint density at radius 3 is 1.61 bits per heavy atom. The number of phenols is 1. The van der Waals surface area contributed by atoms with E-state index in [1.807, 2.05) is 12.1 Å². The monoisotopic (exact) mass is 249 g/mol. The maximum Gasteiger partial charge on any atom is 0.123 e. The molecule has 0 fully saturated rings. The molecule has 0 radical (unpaired) electrons. The van der Waals surface area contributed by atoms with E-state index in [9.17, 15) is 5.11 Å². The fourth-order valence-electron chi connectivity index (χ4n) is 1.89. The highest BCUT2D eigenvalue weighted by molar-refractivity contribution is 5.56. The van der Waals surface area contributed by atoms with E-state index in [-0.39, 0.29) is 10.8 Å². The molecule has 0 unspecified atom stereocenters. The Labute approximate surface area is 109 Å². The molecular weight excluding hydrogens is 226 g/mol. The third-order valence-electron chi connectivity index (χ3n) is 2.88. The van der Waals surface area contributed by atoms with Crippen LogP contribution in [0.4, 0.5) is 5.69 Å². The number of nitrogens with zero attached hydrogens (tertiary/aromatic N) is 2. The van der Waals surface area contributed by atoms with E-state index in [0.29, 0.717) is 11.4 Å². The molecule has 4 heteroatoms. The van der Waals surface area contributed by atoms with Crippen molar-refractivity contribution < 1.29 is 5.11 Å². The largest absolute Gasteiger partial charge is 0.507 e. The van der Waals surface area contributed by atoms with Gasteiger partial charge in [-0.2, -0.15) is 0 Å². The van der Waals surface area contributed by atoms with Crippen molar-refractivity contribution in [3.63, 3.8) is 0 Å². The van der Waals surface area contributed by atoms with Gasteiger partial charge < -0.3 is 10.9 Å². The molecule has 18 heavy (non-hydrogen) atoms. The summed E-state index contributed by atoms with van der Waals surface area (Å²) in [6, 6.07) is 3.67. The van der Waals surface area contributed by atoms with E-state index in [1.54, 1.807) is 0 Å². The normalized spacial score (nSPS) is 13.2. The summed E-state index contributed by atoms with van der Waals surface area (Å²) >= 11 is 0. The zero-order chi connectivity index (χ0) is 14.1. The maximum absolute atomic E-state index is 10.4. The van der Waals surface area contributed by atoms with Crippen molar-refractivity contribution in [2.45, 2.75) is 52.4 Å². The molecule has 100 valence electrons. The van der Waals surface area contributed by atoms with Crippen LogP contribution in [0.15, 0.2) is 22.5 Å². The van der Waals surface area contributed by atoms with E-state index in [1.165, 1.54) is 0 Å². The summed E-state index contributed by atoms with van der Waals surface area (Å²) in [6.07, 6.45) is 0. The van der Waals surface area contributed by atoms with Crippen LogP contribution in [0.25, 0.3) is 0 Å². The van der Waals surface area contributed by atoms with Crippen LogP contribution in [-0.2, 0) is 10.8 Å². The van der Waals surface area contributed by atoms with E-state index < -0.39 is 0 Å². The summed E-state index contributed by atoms with van der Waals surface area (Å²) in [5, 5.41) is 17.7. The van der Waals surface area contributed by atoms with Crippen molar-refractivity contribution in [3.8, 4) is 5.75 Å². The van der Waals surface area contributed by atoms with Crippen molar-refractivity contribution in [2.24, 2.45) is 16.2 Å². The molecule has 1 rings (SSSR count). The average molecular weight is 249 g/mol. The van der Waals surface area contributed by atoms with Crippen LogP contribution in [0.2, 0.25) is 0 Å². The summed E-state index contributed by atoms with van der Waals surface area (Å²) in [5.41, 5.74) is 2.06. The molecule has 3 N–H and O–H groups in total. The van der Waals surface area contributed by atoms with Gasteiger partial charge in [-0.1, -0.05) is 46.8 Å². The first-order valence-electron chi connectivity index (χ1n) is 6.06. The van der Waals surface area contributed by atoms with Gasteiger partial charge in [-0.15, -0.1) is 5.11 Å². The molecular formula is C14H23N3O. The van der Waals surface area contributed by atoms with Crippen LogP contribution in [0.1, 0.15) is 52.7 Å². The molecule has 0 saturated heterocycles. The molecule has 0 spiro atoms. The highest BCUT2D eigenvalue weighted by Crippen LogP contribution is 2.41. The van der Waals surface area contributed by atoms with Gasteiger partial charge in [0.2, 0.25) is 0 Å². The van der Waals surface area contributed by atoms with E-state index >= 15 is 0 Å². The zero-order valence-electron chi connectivity index (χ0n) is 12.1. The molecule has 4 nitrogen and oxygen atoms in total. The molecule has 0 saturated carbocycles. The molecule has 0 aromatic heterocycles. The van der Waals surface area contributed by atoms with Crippen LogP contribution in [0.3, 0.4) is 0 Å². The smallest absolute Gasteiger partial charge is 0.123 e. The third-order valence-corrected chi connectivity index (χ3v) is 2.88. The van der Waals surface area contributed by atoms with E-state index in [0.717, 1.165) is 11.1 Å². The second kappa shape index (κ2) is 4.59. The molecule has 1 aromatic rings. The van der Waals surface area contributed by atoms with Gasteiger partial charge in [0.1, 0.15) is 5.75 Å². The molecule has 0 aliphatic rings. The summed E-state index contributed by atoms with van der Waals surface area (Å²) in [6.45, 7) is 12.3. The topological polar surface area (TPSA) is 71.0 Å².